The van der Waals surface area contributed by atoms with Gasteiger partial charge in [0, 0.05) is 40.8 Å². The molecule has 0 radical (unpaired) electrons. The van der Waals surface area contributed by atoms with Gasteiger partial charge in [0.25, 0.3) is 16.9 Å². The van der Waals surface area contributed by atoms with Crippen LogP contribution in [0.15, 0.2) is 93.9 Å². The Morgan fingerprint density at radius 3 is 2.20 bits per heavy atom. The van der Waals surface area contributed by atoms with Gasteiger partial charge < -0.3 is 9.30 Å². The number of benzene rings is 3. The summed E-state index contributed by atoms with van der Waals surface area (Å²) in [6.07, 6.45) is 1.80. The lowest BCUT2D eigenvalue weighted by Gasteiger charge is -2.24. The maximum atomic E-state index is 14.2. The van der Waals surface area contributed by atoms with Crippen molar-refractivity contribution in [3.63, 3.8) is 0 Å². The van der Waals surface area contributed by atoms with E-state index in [1.54, 1.807) is 51.1 Å². The Morgan fingerprint density at radius 1 is 0.939 bits per heavy atom. The Bertz CT molecular complexity index is 2380. The van der Waals surface area contributed by atoms with Crippen molar-refractivity contribution < 1.29 is 19.4 Å². The van der Waals surface area contributed by atoms with Gasteiger partial charge in [-0.2, -0.15) is 0 Å². The number of carbonyl (C=O) groups excluding carboxylic acids is 1. The second-order valence-electron chi connectivity index (χ2n) is 11.6. The molecule has 0 aliphatic carbocycles. The van der Waals surface area contributed by atoms with Gasteiger partial charge in [0.2, 0.25) is 0 Å². The van der Waals surface area contributed by atoms with Crippen LogP contribution in [0.4, 0.5) is 11.4 Å². The molecule has 3 heterocycles. The van der Waals surface area contributed by atoms with Crippen molar-refractivity contribution in [3.05, 3.63) is 152 Å². The van der Waals surface area contributed by atoms with Crippen molar-refractivity contribution in [1.82, 2.24) is 9.13 Å². The number of nitro groups is 2. The van der Waals surface area contributed by atoms with Gasteiger partial charge in [-0.05, 0) is 93.3 Å². The van der Waals surface area contributed by atoms with E-state index in [1.165, 1.54) is 34.1 Å². The zero-order valence-corrected chi connectivity index (χ0v) is 28.1. The van der Waals surface area contributed by atoms with Gasteiger partial charge in [-0.25, -0.2) is 9.79 Å². The number of nitro benzene ring substituents is 2. The monoisotopic (exact) mass is 677 g/mol. The highest BCUT2D eigenvalue weighted by molar-refractivity contribution is 7.07. The van der Waals surface area contributed by atoms with Crippen LogP contribution in [-0.4, -0.2) is 31.6 Å². The molecule has 0 unspecified atom stereocenters. The highest BCUT2D eigenvalue weighted by atomic mass is 32.1. The molecule has 0 saturated heterocycles. The molecular weight excluding hydrogens is 646 g/mol. The van der Waals surface area contributed by atoms with Crippen LogP contribution in [0.25, 0.3) is 22.9 Å². The minimum atomic E-state index is -0.974. The molecule has 1 aliphatic heterocycles. The summed E-state index contributed by atoms with van der Waals surface area (Å²) in [6.45, 7) is 9.01. The zero-order valence-electron chi connectivity index (χ0n) is 27.3. The average molecular weight is 678 g/mol. The molecule has 248 valence electrons. The maximum Gasteiger partial charge on any atom is 0.338 e. The largest absolute Gasteiger partial charge is 0.463 e. The Hall–Kier alpha value is -5.95. The van der Waals surface area contributed by atoms with Gasteiger partial charge in [-0.15, -0.1) is 0 Å². The zero-order chi connectivity index (χ0) is 35.1. The van der Waals surface area contributed by atoms with Gasteiger partial charge in [0.1, 0.15) is 0 Å². The summed E-state index contributed by atoms with van der Waals surface area (Å²) in [5, 5.41) is 22.9. The fourth-order valence-corrected chi connectivity index (χ4v) is 7.19. The molecule has 6 rings (SSSR count). The number of allylic oxidation sites excluding steroid dienone is 1. The predicted octanol–water partition coefficient (Wildman–Crippen LogP) is 6.00. The SMILES string of the molecule is CCOC(=O)C1=C(C)N=c2s/c(=C/c3cc(C)n(-c4ccc(-c5ccc([N+](=O)[O-])cc5)cc4)c3C)c(=O)n2[C@H]1c1ccc(C)c([N+](=O)[O-])c1. The Balaban J connectivity index is 1.43. The molecule has 0 saturated carbocycles. The van der Waals surface area contributed by atoms with Crippen molar-refractivity contribution in [2.45, 2.75) is 40.7 Å². The van der Waals surface area contributed by atoms with Crippen molar-refractivity contribution in [2.24, 2.45) is 4.99 Å². The Morgan fingerprint density at radius 2 is 1.59 bits per heavy atom. The van der Waals surface area contributed by atoms with E-state index in [4.69, 9.17) is 4.74 Å². The Labute approximate surface area is 283 Å². The van der Waals surface area contributed by atoms with E-state index in [0.717, 1.165) is 33.8 Å². The lowest BCUT2D eigenvalue weighted by atomic mass is 9.94. The molecular formula is C36H31N5O7S. The standard InChI is InChI=1S/C36H31N5O7S/c1-6-48-35(43)32-22(4)37-36-39(33(32)26-8-7-20(2)30(18-26)41(46)47)34(42)31(49-36)19-27-17-21(3)38(23(27)5)28-13-9-24(10-14-28)25-11-15-29(16-12-25)40(44)45/h7-19,33H,6H2,1-5H3/b31-19+/t33-/m0/s1. The molecule has 13 heteroatoms. The first-order valence-electron chi connectivity index (χ1n) is 15.4. The average Bonchev–Trinajstić information content (AvgIpc) is 3.53. The van der Waals surface area contributed by atoms with Gasteiger partial charge in [-0.1, -0.05) is 35.6 Å². The quantitative estimate of drug-likeness (QED) is 0.111. The van der Waals surface area contributed by atoms with Crippen LogP contribution in [0.5, 0.6) is 0 Å². The number of nitrogens with zero attached hydrogens (tertiary/aromatic N) is 5. The summed E-state index contributed by atoms with van der Waals surface area (Å²) in [5.74, 6) is -0.644. The minimum Gasteiger partial charge on any atom is -0.463 e. The number of esters is 1. The first-order chi connectivity index (χ1) is 23.4. The van der Waals surface area contributed by atoms with Crippen LogP contribution in [0.2, 0.25) is 0 Å². The Kier molecular flexibility index (Phi) is 8.69. The van der Waals surface area contributed by atoms with Crippen LogP contribution in [0, 0.1) is 41.0 Å². The summed E-state index contributed by atoms with van der Waals surface area (Å²) < 4.78 is 9.22. The highest BCUT2D eigenvalue weighted by Crippen LogP contribution is 2.33. The second kappa shape index (κ2) is 12.9. The topological polar surface area (TPSA) is 152 Å². The van der Waals surface area contributed by atoms with Crippen LogP contribution in [0.3, 0.4) is 0 Å². The minimum absolute atomic E-state index is 0.0307. The molecule has 0 bridgehead atoms. The van der Waals surface area contributed by atoms with Gasteiger partial charge in [0.15, 0.2) is 4.80 Å². The van der Waals surface area contributed by atoms with E-state index in [-0.39, 0.29) is 29.1 Å². The molecule has 5 aromatic rings. The van der Waals surface area contributed by atoms with E-state index in [2.05, 4.69) is 9.56 Å². The molecule has 0 spiro atoms. The molecule has 2 aromatic heterocycles. The van der Waals surface area contributed by atoms with E-state index >= 15 is 0 Å². The van der Waals surface area contributed by atoms with E-state index in [1.807, 2.05) is 44.2 Å². The number of carbonyl (C=O) groups is 1. The lowest BCUT2D eigenvalue weighted by molar-refractivity contribution is -0.385. The smallest absolute Gasteiger partial charge is 0.338 e. The number of ether oxygens (including phenoxy) is 1. The van der Waals surface area contributed by atoms with Crippen molar-refractivity contribution >= 4 is 34.8 Å². The highest BCUT2D eigenvalue weighted by Gasteiger charge is 2.34. The number of hydrogen-bond donors (Lipinski definition) is 0. The van der Waals surface area contributed by atoms with Gasteiger partial charge >= 0.3 is 5.97 Å². The molecule has 12 nitrogen and oxygen atoms in total. The molecule has 3 aromatic carbocycles. The maximum absolute atomic E-state index is 14.2. The molecule has 0 amide bonds. The lowest BCUT2D eigenvalue weighted by Crippen LogP contribution is -2.40. The number of aryl methyl sites for hydroxylation is 2. The molecule has 1 atom stereocenters. The molecule has 0 fully saturated rings. The fraction of sp³-hybridized carbons (Fsp3) is 0.194. The van der Waals surface area contributed by atoms with Crippen LogP contribution in [-0.2, 0) is 9.53 Å². The van der Waals surface area contributed by atoms with E-state index in [9.17, 15) is 29.8 Å². The number of hydrogen-bond acceptors (Lipinski definition) is 9. The second-order valence-corrected chi connectivity index (χ2v) is 12.6. The van der Waals surface area contributed by atoms with Crippen LogP contribution >= 0.6 is 11.3 Å². The normalized spacial score (nSPS) is 14.4. The molecule has 1 aliphatic rings. The van der Waals surface area contributed by atoms with Crippen LogP contribution < -0.4 is 14.9 Å². The number of non-ortho nitro benzene ring substituents is 1. The number of fused-ring (bicyclic) bond motifs is 1. The van der Waals surface area contributed by atoms with Gasteiger partial charge in [-0.3, -0.25) is 29.6 Å². The summed E-state index contributed by atoms with van der Waals surface area (Å²) in [5.41, 5.74) is 6.20. The first kappa shape index (κ1) is 33.0. The molecule has 0 N–H and O–H groups in total. The first-order valence-corrected chi connectivity index (χ1v) is 16.2. The summed E-state index contributed by atoms with van der Waals surface area (Å²) in [4.78, 5) is 54.3. The van der Waals surface area contributed by atoms with Gasteiger partial charge in [0.05, 0.1) is 38.3 Å². The third-order valence-electron chi connectivity index (χ3n) is 8.56. The third kappa shape index (κ3) is 6.00. The number of aromatic nitrogens is 2. The summed E-state index contributed by atoms with van der Waals surface area (Å²) in [6, 6.07) is 19.9. The van der Waals surface area contributed by atoms with E-state index in [0.29, 0.717) is 26.2 Å². The summed E-state index contributed by atoms with van der Waals surface area (Å²) >= 11 is 1.18. The van der Waals surface area contributed by atoms with Crippen molar-refractivity contribution in [1.29, 1.82) is 0 Å². The number of thiazole rings is 1. The fourth-order valence-electron chi connectivity index (χ4n) is 6.15. The van der Waals surface area contributed by atoms with Crippen molar-refractivity contribution in [2.75, 3.05) is 6.61 Å². The third-order valence-corrected chi connectivity index (χ3v) is 9.54. The van der Waals surface area contributed by atoms with E-state index < -0.39 is 21.9 Å². The van der Waals surface area contributed by atoms with Crippen LogP contribution in [0.1, 0.15) is 48.0 Å². The summed E-state index contributed by atoms with van der Waals surface area (Å²) in [7, 11) is 0. The molecule has 49 heavy (non-hydrogen) atoms. The number of rotatable bonds is 8. The van der Waals surface area contributed by atoms with Crippen molar-refractivity contribution in [3.8, 4) is 16.8 Å². The predicted molar refractivity (Wildman–Crippen MR) is 186 cm³/mol.